The maximum absolute atomic E-state index is 10.9. The van der Waals surface area contributed by atoms with Crippen LogP contribution in [0.1, 0.15) is 22.5 Å². The molecule has 6 nitrogen and oxygen atoms in total. The molecule has 7 heteroatoms. The monoisotopic (exact) mass is 243 g/mol. The van der Waals surface area contributed by atoms with E-state index >= 15 is 0 Å². The Morgan fingerprint density at radius 1 is 1.50 bits per heavy atom. The van der Waals surface area contributed by atoms with Crippen LogP contribution in [0.15, 0.2) is 0 Å². The average molecular weight is 243 g/mol. The summed E-state index contributed by atoms with van der Waals surface area (Å²) >= 11 is 1.09. The molecule has 88 valence electrons. The van der Waals surface area contributed by atoms with Gasteiger partial charge in [-0.15, -0.1) is 0 Å². The first kappa shape index (κ1) is 12.4. The molecule has 3 N–H and O–H groups in total. The number of carbonyl (C=O) groups is 2. The predicted molar refractivity (Wildman–Crippen MR) is 61.0 cm³/mol. The summed E-state index contributed by atoms with van der Waals surface area (Å²) in [6.07, 6.45) is 0.298. The van der Waals surface area contributed by atoms with E-state index in [9.17, 15) is 9.59 Å². The fourth-order valence-electron chi connectivity index (χ4n) is 1.16. The second-order valence-electron chi connectivity index (χ2n) is 3.13. The van der Waals surface area contributed by atoms with Gasteiger partial charge in [0.2, 0.25) is 5.91 Å². The number of carbonyl (C=O) groups excluding carboxylic acids is 1. The van der Waals surface area contributed by atoms with Crippen LogP contribution in [-0.4, -0.2) is 34.9 Å². The summed E-state index contributed by atoms with van der Waals surface area (Å²) in [6.45, 7) is 2.03. The number of anilines is 1. The molecule has 0 aromatic carbocycles. The molecule has 0 radical (unpaired) electrons. The molecule has 0 fully saturated rings. The minimum atomic E-state index is -1.01. The molecular weight excluding hydrogens is 230 g/mol. The fraction of sp³-hybridized carbons (Fsp3) is 0.444. The minimum Gasteiger partial charge on any atom is -0.478 e. The van der Waals surface area contributed by atoms with Crippen LogP contribution in [0.3, 0.4) is 0 Å². The summed E-state index contributed by atoms with van der Waals surface area (Å²) in [5.41, 5.74) is 0.668. The summed E-state index contributed by atoms with van der Waals surface area (Å²) in [4.78, 5) is 21.9. The Morgan fingerprint density at radius 3 is 2.75 bits per heavy atom. The second-order valence-corrected chi connectivity index (χ2v) is 3.90. The highest BCUT2D eigenvalue weighted by Crippen LogP contribution is 2.24. The highest BCUT2D eigenvalue weighted by atomic mass is 32.1. The second kappa shape index (κ2) is 5.45. The number of carboxylic acids is 1. The first-order valence-electron chi connectivity index (χ1n) is 4.70. The summed E-state index contributed by atoms with van der Waals surface area (Å²) in [5.74, 6) is -1.10. The van der Waals surface area contributed by atoms with Crippen molar-refractivity contribution in [1.82, 2.24) is 9.69 Å². The number of hydrogen-bond acceptors (Lipinski definition) is 5. The van der Waals surface area contributed by atoms with Crippen molar-refractivity contribution in [1.29, 1.82) is 0 Å². The van der Waals surface area contributed by atoms with E-state index in [1.54, 1.807) is 14.0 Å². The van der Waals surface area contributed by atoms with E-state index in [1.807, 2.05) is 0 Å². The van der Waals surface area contributed by atoms with Crippen molar-refractivity contribution in [3.8, 4) is 0 Å². The van der Waals surface area contributed by atoms with E-state index in [2.05, 4.69) is 15.0 Å². The van der Waals surface area contributed by atoms with Crippen LogP contribution in [0.4, 0.5) is 5.00 Å². The number of aromatic nitrogens is 1. The Bertz CT molecular complexity index is 403. The Hall–Kier alpha value is -1.63. The highest BCUT2D eigenvalue weighted by molar-refractivity contribution is 7.10. The van der Waals surface area contributed by atoms with Gasteiger partial charge in [0.05, 0.1) is 5.69 Å². The van der Waals surface area contributed by atoms with E-state index < -0.39 is 5.97 Å². The number of nitrogens with zero attached hydrogens (tertiary/aromatic N) is 1. The molecule has 1 aromatic heterocycles. The highest BCUT2D eigenvalue weighted by Gasteiger charge is 2.16. The standard InChI is InChI=1S/C9H13N3O3S/c1-5-7(9(14)15)8(16-12-5)11-4-3-6(13)10-2/h11H,3-4H2,1-2H3,(H,10,13)(H,14,15). The van der Waals surface area contributed by atoms with Crippen molar-refractivity contribution in [2.45, 2.75) is 13.3 Å². The lowest BCUT2D eigenvalue weighted by Crippen LogP contribution is -2.21. The van der Waals surface area contributed by atoms with Gasteiger partial charge in [0.1, 0.15) is 10.6 Å². The van der Waals surface area contributed by atoms with E-state index in [4.69, 9.17) is 5.11 Å². The molecule has 0 unspecified atom stereocenters. The van der Waals surface area contributed by atoms with Crippen molar-refractivity contribution in [3.05, 3.63) is 11.3 Å². The molecular formula is C9H13N3O3S. The van der Waals surface area contributed by atoms with E-state index in [1.165, 1.54) is 0 Å². The average Bonchev–Trinajstić information content (AvgIpc) is 2.59. The zero-order chi connectivity index (χ0) is 12.1. The molecule has 1 rings (SSSR count). The third-order valence-corrected chi connectivity index (χ3v) is 2.89. The molecule has 0 atom stereocenters. The molecule has 0 aliphatic heterocycles. The summed E-state index contributed by atoms with van der Waals surface area (Å²) < 4.78 is 3.95. The Morgan fingerprint density at radius 2 is 2.19 bits per heavy atom. The van der Waals surface area contributed by atoms with Gasteiger partial charge >= 0.3 is 5.97 Å². The number of nitrogens with one attached hydrogen (secondary N) is 2. The Kier molecular flexibility index (Phi) is 4.24. The number of aryl methyl sites for hydroxylation is 1. The van der Waals surface area contributed by atoms with Crippen LogP contribution < -0.4 is 10.6 Å². The molecule has 1 aromatic rings. The fourth-order valence-corrected chi connectivity index (χ4v) is 1.97. The topological polar surface area (TPSA) is 91.3 Å². The molecule has 0 saturated heterocycles. The maximum atomic E-state index is 10.9. The number of hydrogen-bond donors (Lipinski definition) is 3. The summed E-state index contributed by atoms with van der Waals surface area (Å²) in [5, 5.41) is 14.8. The Balaban J connectivity index is 2.61. The van der Waals surface area contributed by atoms with Crippen molar-refractivity contribution >= 4 is 28.4 Å². The normalized spacial score (nSPS) is 9.88. The van der Waals surface area contributed by atoms with Crippen LogP contribution in [0, 0.1) is 6.92 Å². The third kappa shape index (κ3) is 2.93. The van der Waals surface area contributed by atoms with E-state index in [0.29, 0.717) is 23.7 Å². The van der Waals surface area contributed by atoms with Gasteiger partial charge in [-0.05, 0) is 18.5 Å². The largest absolute Gasteiger partial charge is 0.478 e. The molecule has 0 aliphatic carbocycles. The van der Waals surface area contributed by atoms with Crippen LogP contribution in [-0.2, 0) is 4.79 Å². The number of carboxylic acid groups (broad SMARTS) is 1. The van der Waals surface area contributed by atoms with Crippen LogP contribution in [0.5, 0.6) is 0 Å². The van der Waals surface area contributed by atoms with E-state index in [-0.39, 0.29) is 11.5 Å². The van der Waals surface area contributed by atoms with Crippen molar-refractivity contribution < 1.29 is 14.7 Å². The van der Waals surface area contributed by atoms with Gasteiger partial charge in [-0.3, -0.25) is 4.79 Å². The molecule has 0 bridgehead atoms. The van der Waals surface area contributed by atoms with Gasteiger partial charge in [0.15, 0.2) is 0 Å². The SMILES string of the molecule is CNC(=O)CCNc1snc(C)c1C(=O)O. The molecule has 16 heavy (non-hydrogen) atoms. The predicted octanol–water partition coefficient (Wildman–Crippen LogP) is 0.698. The lowest BCUT2D eigenvalue weighted by molar-refractivity contribution is -0.120. The van der Waals surface area contributed by atoms with Gasteiger partial charge < -0.3 is 15.7 Å². The molecule has 1 amide bonds. The number of rotatable bonds is 5. The molecule has 0 saturated carbocycles. The lowest BCUT2D eigenvalue weighted by atomic mass is 10.2. The maximum Gasteiger partial charge on any atom is 0.340 e. The first-order chi connectivity index (χ1) is 7.56. The van der Waals surface area contributed by atoms with Crippen LogP contribution in [0.25, 0.3) is 0 Å². The molecule has 0 aliphatic rings. The Labute approximate surface area is 96.8 Å². The van der Waals surface area contributed by atoms with Gasteiger partial charge in [0.25, 0.3) is 0 Å². The van der Waals surface area contributed by atoms with Gasteiger partial charge in [-0.25, -0.2) is 4.79 Å². The molecule has 1 heterocycles. The van der Waals surface area contributed by atoms with Gasteiger partial charge in [0, 0.05) is 20.0 Å². The smallest absolute Gasteiger partial charge is 0.340 e. The number of aromatic carboxylic acids is 1. The lowest BCUT2D eigenvalue weighted by Gasteiger charge is -2.03. The van der Waals surface area contributed by atoms with Gasteiger partial charge in [-0.1, -0.05) is 0 Å². The first-order valence-corrected chi connectivity index (χ1v) is 5.47. The van der Waals surface area contributed by atoms with Crippen LogP contribution >= 0.6 is 11.5 Å². The third-order valence-electron chi connectivity index (χ3n) is 1.99. The van der Waals surface area contributed by atoms with Crippen LogP contribution in [0.2, 0.25) is 0 Å². The quantitative estimate of drug-likeness (QED) is 0.708. The number of amides is 1. The zero-order valence-corrected chi connectivity index (χ0v) is 9.85. The van der Waals surface area contributed by atoms with Crippen molar-refractivity contribution in [2.75, 3.05) is 18.9 Å². The molecule has 0 spiro atoms. The minimum absolute atomic E-state index is 0.0920. The summed E-state index contributed by atoms with van der Waals surface area (Å²) in [6, 6.07) is 0. The van der Waals surface area contributed by atoms with Crippen molar-refractivity contribution in [2.24, 2.45) is 0 Å². The van der Waals surface area contributed by atoms with Gasteiger partial charge in [-0.2, -0.15) is 4.37 Å². The van der Waals surface area contributed by atoms with E-state index in [0.717, 1.165) is 11.5 Å². The summed E-state index contributed by atoms with van der Waals surface area (Å²) in [7, 11) is 1.56. The van der Waals surface area contributed by atoms with Crippen molar-refractivity contribution in [3.63, 3.8) is 0 Å². The zero-order valence-electron chi connectivity index (χ0n) is 9.03.